The van der Waals surface area contributed by atoms with Crippen molar-refractivity contribution in [3.05, 3.63) is 0 Å². The molecule has 0 bridgehead atoms. The van der Waals surface area contributed by atoms with Gasteiger partial charge in [0.05, 0.1) is 6.61 Å². The summed E-state index contributed by atoms with van der Waals surface area (Å²) in [6, 6.07) is 0. The molecule has 1 aliphatic rings. The minimum absolute atomic E-state index is 0.0145. The van der Waals surface area contributed by atoms with Crippen LogP contribution in [0.5, 0.6) is 0 Å². The molecule has 1 rings (SSSR count). The fourth-order valence-corrected chi connectivity index (χ4v) is 5.69. The normalized spacial score (nSPS) is 20.6. The molecule has 126 valence electrons. The standard InChI is InChI=1S/C15H32O5Si/c1-8-9-16-15(14-10-17-14)21(18-11(2)3,19-12(4)5)20-13(6)7/h11-15H,8-10H2,1-7H3. The molecule has 1 fully saturated rings. The lowest BCUT2D eigenvalue weighted by Crippen LogP contribution is -2.62. The second-order valence-electron chi connectivity index (χ2n) is 6.27. The predicted octanol–water partition coefficient (Wildman–Crippen LogP) is 2.93. The van der Waals surface area contributed by atoms with Crippen molar-refractivity contribution in [1.29, 1.82) is 0 Å². The Balaban J connectivity index is 3.01. The molecule has 2 unspecified atom stereocenters. The van der Waals surface area contributed by atoms with Crippen LogP contribution < -0.4 is 0 Å². The van der Waals surface area contributed by atoms with Crippen molar-refractivity contribution in [3.63, 3.8) is 0 Å². The summed E-state index contributed by atoms with van der Waals surface area (Å²) in [5.74, 6) is 0. The SMILES string of the molecule is CCCOC(C1CO1)[Si](OC(C)C)(OC(C)C)OC(C)C. The molecule has 2 atom stereocenters. The maximum Gasteiger partial charge on any atom is 0.534 e. The van der Waals surface area contributed by atoms with Gasteiger partial charge in [0.15, 0.2) is 5.73 Å². The van der Waals surface area contributed by atoms with Gasteiger partial charge in [0.1, 0.15) is 6.10 Å². The summed E-state index contributed by atoms with van der Waals surface area (Å²) < 4.78 is 30.2. The van der Waals surface area contributed by atoms with Gasteiger partial charge >= 0.3 is 8.80 Å². The molecule has 5 nitrogen and oxygen atoms in total. The van der Waals surface area contributed by atoms with Gasteiger partial charge in [0, 0.05) is 24.9 Å². The summed E-state index contributed by atoms with van der Waals surface area (Å²) in [4.78, 5) is 0. The van der Waals surface area contributed by atoms with E-state index in [2.05, 4.69) is 6.92 Å². The summed E-state index contributed by atoms with van der Waals surface area (Å²) in [6.07, 6.45) is 1.01. The molecule has 0 aromatic carbocycles. The van der Waals surface area contributed by atoms with Crippen LogP contribution in [0.1, 0.15) is 54.9 Å². The van der Waals surface area contributed by atoms with E-state index in [0.29, 0.717) is 13.2 Å². The van der Waals surface area contributed by atoms with E-state index in [1.54, 1.807) is 0 Å². The van der Waals surface area contributed by atoms with Crippen molar-refractivity contribution in [1.82, 2.24) is 0 Å². The molecule has 0 radical (unpaired) electrons. The maximum atomic E-state index is 6.21. The molecule has 6 heteroatoms. The van der Waals surface area contributed by atoms with Crippen molar-refractivity contribution >= 4 is 8.80 Å². The molecule has 0 aromatic rings. The van der Waals surface area contributed by atoms with E-state index >= 15 is 0 Å². The van der Waals surface area contributed by atoms with Crippen molar-refractivity contribution in [2.75, 3.05) is 13.2 Å². The van der Waals surface area contributed by atoms with Gasteiger partial charge in [-0.3, -0.25) is 0 Å². The first kappa shape index (κ1) is 19.1. The molecule has 21 heavy (non-hydrogen) atoms. The third-order valence-corrected chi connectivity index (χ3v) is 6.38. The zero-order valence-corrected chi connectivity index (χ0v) is 15.5. The van der Waals surface area contributed by atoms with Gasteiger partial charge in [-0.05, 0) is 48.0 Å². The van der Waals surface area contributed by atoms with Crippen LogP contribution in [0, 0.1) is 0 Å². The van der Waals surface area contributed by atoms with Crippen LogP contribution in [0.4, 0.5) is 0 Å². The van der Waals surface area contributed by atoms with Crippen molar-refractivity contribution in [2.45, 2.75) is 85.0 Å². The molecule has 0 spiro atoms. The van der Waals surface area contributed by atoms with Crippen LogP contribution >= 0.6 is 0 Å². The van der Waals surface area contributed by atoms with Gasteiger partial charge in [-0.15, -0.1) is 0 Å². The number of hydrogen-bond donors (Lipinski definition) is 0. The number of rotatable bonds is 11. The van der Waals surface area contributed by atoms with E-state index < -0.39 is 8.80 Å². The highest BCUT2D eigenvalue weighted by atomic mass is 28.4. The van der Waals surface area contributed by atoms with Crippen LogP contribution in [0.15, 0.2) is 0 Å². The molecule has 0 aromatic heterocycles. The van der Waals surface area contributed by atoms with Gasteiger partial charge in [0.2, 0.25) is 0 Å². The van der Waals surface area contributed by atoms with E-state index in [1.807, 2.05) is 41.5 Å². The average Bonchev–Trinajstić information content (AvgIpc) is 3.10. The van der Waals surface area contributed by atoms with Crippen LogP contribution in [0.25, 0.3) is 0 Å². The minimum Gasteiger partial charge on any atom is -0.371 e. The molecule has 0 aliphatic carbocycles. The first-order chi connectivity index (χ1) is 9.80. The average molecular weight is 321 g/mol. The van der Waals surface area contributed by atoms with Gasteiger partial charge in [0.25, 0.3) is 0 Å². The van der Waals surface area contributed by atoms with Crippen molar-refractivity contribution in [3.8, 4) is 0 Å². The molecular formula is C15H32O5Si. The lowest BCUT2D eigenvalue weighted by molar-refractivity contribution is -0.0557. The van der Waals surface area contributed by atoms with Crippen LogP contribution in [0.2, 0.25) is 0 Å². The fraction of sp³-hybridized carbons (Fsp3) is 1.00. The van der Waals surface area contributed by atoms with Crippen LogP contribution in [-0.2, 0) is 22.8 Å². The maximum absolute atomic E-state index is 6.21. The van der Waals surface area contributed by atoms with E-state index in [4.69, 9.17) is 22.8 Å². The van der Waals surface area contributed by atoms with Crippen molar-refractivity contribution in [2.24, 2.45) is 0 Å². The van der Waals surface area contributed by atoms with Crippen molar-refractivity contribution < 1.29 is 22.8 Å². The fourth-order valence-electron chi connectivity index (χ4n) is 2.18. The summed E-state index contributed by atoms with van der Waals surface area (Å²) >= 11 is 0. The lowest BCUT2D eigenvalue weighted by Gasteiger charge is -2.38. The third-order valence-electron chi connectivity index (χ3n) is 2.75. The second kappa shape index (κ2) is 8.60. The Labute approximate surface area is 130 Å². The zero-order valence-electron chi connectivity index (χ0n) is 14.5. The van der Waals surface area contributed by atoms with E-state index in [0.717, 1.165) is 6.42 Å². The Hall–Kier alpha value is 0.0169. The Kier molecular flexibility index (Phi) is 7.81. The molecule has 1 aliphatic heterocycles. The Morgan fingerprint density at radius 1 is 0.952 bits per heavy atom. The van der Waals surface area contributed by atoms with Gasteiger partial charge in [-0.25, -0.2) is 0 Å². The number of epoxide rings is 1. The Bertz CT molecular complexity index is 265. The predicted molar refractivity (Wildman–Crippen MR) is 84.2 cm³/mol. The number of hydrogen-bond acceptors (Lipinski definition) is 5. The summed E-state index contributed by atoms with van der Waals surface area (Å²) in [7, 11) is -3.00. The largest absolute Gasteiger partial charge is 0.534 e. The minimum atomic E-state index is -3.00. The molecule has 1 saturated heterocycles. The molecule has 0 N–H and O–H groups in total. The van der Waals surface area contributed by atoms with Crippen LogP contribution in [0.3, 0.4) is 0 Å². The third kappa shape index (κ3) is 6.34. The number of ether oxygens (including phenoxy) is 2. The Morgan fingerprint density at radius 2 is 1.38 bits per heavy atom. The highest BCUT2D eigenvalue weighted by Gasteiger charge is 2.59. The van der Waals surface area contributed by atoms with E-state index in [1.165, 1.54) is 0 Å². The Morgan fingerprint density at radius 3 is 1.67 bits per heavy atom. The van der Waals surface area contributed by atoms with E-state index in [-0.39, 0.29) is 30.1 Å². The second-order valence-corrected chi connectivity index (χ2v) is 8.75. The molecule has 1 heterocycles. The summed E-state index contributed by atoms with van der Waals surface area (Å²) in [5.41, 5.74) is -0.246. The van der Waals surface area contributed by atoms with Gasteiger partial charge in [-0.1, -0.05) is 6.92 Å². The summed E-state index contributed by atoms with van der Waals surface area (Å²) in [5, 5.41) is 0. The quantitative estimate of drug-likeness (QED) is 0.433. The lowest BCUT2D eigenvalue weighted by atomic mass is 10.5. The van der Waals surface area contributed by atoms with Gasteiger partial charge in [-0.2, -0.15) is 0 Å². The zero-order chi connectivity index (χ0) is 16.0. The topological polar surface area (TPSA) is 49.5 Å². The highest BCUT2D eigenvalue weighted by Crippen LogP contribution is 2.31. The molecule has 0 amide bonds. The molecule has 0 saturated carbocycles. The van der Waals surface area contributed by atoms with Crippen LogP contribution in [-0.4, -0.2) is 52.2 Å². The highest BCUT2D eigenvalue weighted by molar-refractivity contribution is 6.62. The molecular weight excluding hydrogens is 288 g/mol. The smallest absolute Gasteiger partial charge is 0.371 e. The summed E-state index contributed by atoms with van der Waals surface area (Å²) in [6.45, 7) is 15.4. The van der Waals surface area contributed by atoms with Gasteiger partial charge < -0.3 is 22.8 Å². The first-order valence-corrected chi connectivity index (χ1v) is 9.87. The van der Waals surface area contributed by atoms with E-state index in [9.17, 15) is 0 Å². The monoisotopic (exact) mass is 320 g/mol. The first-order valence-electron chi connectivity index (χ1n) is 8.07.